The van der Waals surface area contributed by atoms with Crippen molar-refractivity contribution in [2.45, 2.75) is 0 Å². The van der Waals surface area contributed by atoms with Crippen LogP contribution in [-0.4, -0.2) is 43.3 Å². The van der Waals surface area contributed by atoms with Gasteiger partial charge in [0.2, 0.25) is 0 Å². The van der Waals surface area contributed by atoms with E-state index in [0.717, 1.165) is 6.54 Å². The number of carbonyl (C=O) groups is 1. The SMILES string of the molecule is CN(C)CCOc1ccc(/C=C/C(=O)NO)c(Oc2ccc(F)cc2)c1. The van der Waals surface area contributed by atoms with Crippen LogP contribution in [0.1, 0.15) is 5.56 Å². The molecule has 0 fully saturated rings. The average Bonchev–Trinajstić information content (AvgIpc) is 2.62. The lowest BCUT2D eigenvalue weighted by molar-refractivity contribution is -0.124. The van der Waals surface area contributed by atoms with Crippen molar-refractivity contribution in [3.05, 3.63) is 59.9 Å². The number of carbonyl (C=O) groups excluding carboxylic acids is 1. The highest BCUT2D eigenvalue weighted by atomic mass is 19.1. The number of benzene rings is 2. The van der Waals surface area contributed by atoms with Crippen LogP contribution in [0.25, 0.3) is 6.08 Å². The Morgan fingerprint density at radius 1 is 1.19 bits per heavy atom. The highest BCUT2D eigenvalue weighted by Crippen LogP contribution is 2.30. The third kappa shape index (κ3) is 6.19. The van der Waals surface area contributed by atoms with Crippen LogP contribution >= 0.6 is 0 Å². The molecule has 2 aromatic rings. The Labute approximate surface area is 151 Å². The summed E-state index contributed by atoms with van der Waals surface area (Å²) in [6, 6.07) is 10.8. The summed E-state index contributed by atoms with van der Waals surface area (Å²) in [5.74, 6) is 0.452. The van der Waals surface area contributed by atoms with Gasteiger partial charge in [-0.3, -0.25) is 10.0 Å². The second-order valence-corrected chi connectivity index (χ2v) is 5.72. The minimum atomic E-state index is -0.663. The Morgan fingerprint density at radius 3 is 2.54 bits per heavy atom. The van der Waals surface area contributed by atoms with E-state index < -0.39 is 5.91 Å². The lowest BCUT2D eigenvalue weighted by Gasteiger charge is -2.14. The average molecular weight is 360 g/mol. The second-order valence-electron chi connectivity index (χ2n) is 5.72. The molecule has 7 heteroatoms. The molecule has 0 bridgehead atoms. The lowest BCUT2D eigenvalue weighted by Crippen LogP contribution is -2.19. The van der Waals surface area contributed by atoms with E-state index in [2.05, 4.69) is 0 Å². The van der Waals surface area contributed by atoms with Crippen LogP contribution in [-0.2, 0) is 4.79 Å². The number of nitrogens with one attached hydrogen (secondary N) is 1. The summed E-state index contributed by atoms with van der Waals surface area (Å²) in [5.41, 5.74) is 2.12. The fourth-order valence-corrected chi connectivity index (χ4v) is 2.01. The number of rotatable bonds is 8. The first-order valence-corrected chi connectivity index (χ1v) is 7.95. The number of hydrogen-bond donors (Lipinski definition) is 2. The van der Waals surface area contributed by atoms with Gasteiger partial charge in [-0.25, -0.2) is 9.87 Å². The summed E-state index contributed by atoms with van der Waals surface area (Å²) < 4.78 is 24.6. The summed E-state index contributed by atoms with van der Waals surface area (Å²) in [7, 11) is 3.90. The predicted octanol–water partition coefficient (Wildman–Crippen LogP) is 3.08. The minimum Gasteiger partial charge on any atom is -0.492 e. The van der Waals surface area contributed by atoms with Crippen molar-refractivity contribution in [2.75, 3.05) is 27.2 Å². The van der Waals surface area contributed by atoms with Gasteiger partial charge in [-0.05, 0) is 56.6 Å². The van der Waals surface area contributed by atoms with Crippen LogP contribution in [0.15, 0.2) is 48.5 Å². The maximum absolute atomic E-state index is 13.1. The lowest BCUT2D eigenvalue weighted by atomic mass is 10.1. The van der Waals surface area contributed by atoms with Gasteiger partial charge < -0.3 is 14.4 Å². The molecule has 0 spiro atoms. The van der Waals surface area contributed by atoms with Crippen LogP contribution in [0.4, 0.5) is 4.39 Å². The van der Waals surface area contributed by atoms with Gasteiger partial charge in [-0.2, -0.15) is 0 Å². The Kier molecular flexibility index (Phi) is 7.13. The van der Waals surface area contributed by atoms with E-state index in [9.17, 15) is 9.18 Å². The monoisotopic (exact) mass is 360 g/mol. The maximum Gasteiger partial charge on any atom is 0.267 e. The standard InChI is InChI=1S/C19H21FN2O4/c1-22(2)11-12-25-17-7-3-14(4-10-19(23)21-24)18(13-17)26-16-8-5-15(20)6-9-16/h3-10,13,24H,11-12H2,1-2H3,(H,21,23)/b10-4+. The topological polar surface area (TPSA) is 71.0 Å². The molecule has 0 unspecified atom stereocenters. The number of likely N-dealkylation sites (N-methyl/N-ethyl adjacent to an activating group) is 1. The van der Waals surface area contributed by atoms with Gasteiger partial charge >= 0.3 is 0 Å². The molecule has 2 rings (SSSR count). The first-order chi connectivity index (χ1) is 12.5. The largest absolute Gasteiger partial charge is 0.492 e. The van der Waals surface area contributed by atoms with Crippen LogP contribution in [0.3, 0.4) is 0 Å². The summed E-state index contributed by atoms with van der Waals surface area (Å²) >= 11 is 0. The molecule has 0 saturated carbocycles. The van der Waals surface area contributed by atoms with E-state index in [1.807, 2.05) is 19.0 Å². The zero-order valence-electron chi connectivity index (χ0n) is 14.6. The zero-order chi connectivity index (χ0) is 18.9. The number of amides is 1. The van der Waals surface area contributed by atoms with Crippen molar-refractivity contribution in [1.29, 1.82) is 0 Å². The molecule has 0 saturated heterocycles. The second kappa shape index (κ2) is 9.55. The molecule has 0 aliphatic carbocycles. The quantitative estimate of drug-likeness (QED) is 0.430. The number of halogens is 1. The maximum atomic E-state index is 13.1. The van der Waals surface area contributed by atoms with E-state index in [0.29, 0.717) is 29.4 Å². The molecular formula is C19H21FN2O4. The summed E-state index contributed by atoms with van der Waals surface area (Å²) in [5, 5.41) is 8.59. The molecule has 2 aromatic carbocycles. The summed E-state index contributed by atoms with van der Waals surface area (Å²) in [4.78, 5) is 13.2. The molecule has 0 aromatic heterocycles. The Bertz CT molecular complexity index is 761. The molecule has 0 radical (unpaired) electrons. The first kappa shape index (κ1) is 19.4. The van der Waals surface area contributed by atoms with Crippen molar-refractivity contribution < 1.29 is 23.9 Å². The van der Waals surface area contributed by atoms with Gasteiger partial charge in [-0.15, -0.1) is 0 Å². The Balaban J connectivity index is 2.23. The number of ether oxygens (including phenoxy) is 2. The highest BCUT2D eigenvalue weighted by molar-refractivity contribution is 5.91. The van der Waals surface area contributed by atoms with E-state index in [1.165, 1.54) is 41.9 Å². The van der Waals surface area contributed by atoms with Crippen LogP contribution < -0.4 is 15.0 Å². The normalized spacial score (nSPS) is 11.0. The van der Waals surface area contributed by atoms with Crippen molar-refractivity contribution in [3.63, 3.8) is 0 Å². The first-order valence-electron chi connectivity index (χ1n) is 7.95. The molecule has 0 heterocycles. The molecule has 0 aliphatic rings. The highest BCUT2D eigenvalue weighted by Gasteiger charge is 2.07. The predicted molar refractivity (Wildman–Crippen MR) is 95.9 cm³/mol. The Morgan fingerprint density at radius 2 is 1.88 bits per heavy atom. The van der Waals surface area contributed by atoms with Gasteiger partial charge in [0.25, 0.3) is 5.91 Å². The summed E-state index contributed by atoms with van der Waals surface area (Å²) in [6.45, 7) is 1.26. The number of hydrogen-bond acceptors (Lipinski definition) is 5. The van der Waals surface area contributed by atoms with Gasteiger partial charge in [0, 0.05) is 24.3 Å². The molecule has 2 N–H and O–H groups in total. The number of nitrogens with zero attached hydrogens (tertiary/aromatic N) is 1. The van der Waals surface area contributed by atoms with Gasteiger partial charge in [0.1, 0.15) is 29.7 Å². The molecule has 0 aliphatic heterocycles. The van der Waals surface area contributed by atoms with Gasteiger partial charge in [0.05, 0.1) is 0 Å². The van der Waals surface area contributed by atoms with Crippen LogP contribution in [0, 0.1) is 5.82 Å². The molecule has 138 valence electrons. The fraction of sp³-hybridized carbons (Fsp3) is 0.211. The van der Waals surface area contributed by atoms with E-state index in [1.54, 1.807) is 18.2 Å². The van der Waals surface area contributed by atoms with Crippen LogP contribution in [0.5, 0.6) is 17.2 Å². The minimum absolute atomic E-state index is 0.363. The zero-order valence-corrected chi connectivity index (χ0v) is 14.6. The molecule has 0 atom stereocenters. The molecule has 1 amide bonds. The molecule has 6 nitrogen and oxygen atoms in total. The third-order valence-electron chi connectivity index (χ3n) is 3.36. The van der Waals surface area contributed by atoms with Crippen molar-refractivity contribution >= 4 is 12.0 Å². The van der Waals surface area contributed by atoms with E-state index in [4.69, 9.17) is 14.7 Å². The summed E-state index contributed by atoms with van der Waals surface area (Å²) in [6.07, 6.45) is 2.66. The van der Waals surface area contributed by atoms with Crippen molar-refractivity contribution in [3.8, 4) is 17.2 Å². The van der Waals surface area contributed by atoms with Gasteiger partial charge in [0.15, 0.2) is 0 Å². The Hall–Kier alpha value is -2.90. The molecular weight excluding hydrogens is 339 g/mol. The van der Waals surface area contributed by atoms with E-state index >= 15 is 0 Å². The van der Waals surface area contributed by atoms with Crippen molar-refractivity contribution in [1.82, 2.24) is 10.4 Å². The fourth-order valence-electron chi connectivity index (χ4n) is 2.01. The van der Waals surface area contributed by atoms with E-state index in [-0.39, 0.29) is 5.82 Å². The molecule has 26 heavy (non-hydrogen) atoms. The van der Waals surface area contributed by atoms with Gasteiger partial charge in [-0.1, -0.05) is 0 Å². The third-order valence-corrected chi connectivity index (χ3v) is 3.36. The smallest absolute Gasteiger partial charge is 0.267 e. The number of hydroxylamine groups is 1. The van der Waals surface area contributed by atoms with Crippen molar-refractivity contribution in [2.24, 2.45) is 0 Å². The van der Waals surface area contributed by atoms with Crippen LogP contribution in [0.2, 0.25) is 0 Å².